The van der Waals surface area contributed by atoms with E-state index in [0.29, 0.717) is 58.6 Å². The number of phosphoric acid groups is 1. The predicted molar refractivity (Wildman–Crippen MR) is 150 cm³/mol. The van der Waals surface area contributed by atoms with Gasteiger partial charge in [0.15, 0.2) is 0 Å². The maximum absolute atomic E-state index is 12.5. The Hall–Kier alpha value is -2.13. The molecule has 0 heterocycles. The molecule has 0 aliphatic heterocycles. The van der Waals surface area contributed by atoms with Crippen LogP contribution in [0, 0.1) is 0 Å². The van der Waals surface area contributed by atoms with Crippen LogP contribution in [0.5, 0.6) is 0 Å². The van der Waals surface area contributed by atoms with Crippen molar-refractivity contribution in [2.45, 2.75) is 64.8 Å². The Balaban J connectivity index is 3.81. The molecular formula is C25H49N4O11P. The van der Waals surface area contributed by atoms with Crippen molar-refractivity contribution < 1.29 is 51.9 Å². The molecule has 0 aromatic rings. The van der Waals surface area contributed by atoms with Gasteiger partial charge in [0.1, 0.15) is 6.04 Å². The van der Waals surface area contributed by atoms with Crippen molar-refractivity contribution in [1.29, 1.82) is 0 Å². The van der Waals surface area contributed by atoms with Crippen molar-refractivity contribution in [3.8, 4) is 0 Å². The minimum atomic E-state index is -3.98. The van der Waals surface area contributed by atoms with E-state index >= 15 is 0 Å². The zero-order chi connectivity index (χ0) is 30.8. The molecule has 15 nitrogen and oxygen atoms in total. The SMILES string of the molecule is COP(=O)(O)OCCOCCOCCOCCNC(=O)[C@H](CCCCNC(=O)CCCCCNC(C)=O)NC(C)=O. The minimum Gasteiger partial charge on any atom is -0.377 e. The van der Waals surface area contributed by atoms with Gasteiger partial charge in [0.05, 0.1) is 46.2 Å². The molecule has 240 valence electrons. The largest absolute Gasteiger partial charge is 0.471 e. The van der Waals surface area contributed by atoms with Gasteiger partial charge in [0.25, 0.3) is 0 Å². The van der Waals surface area contributed by atoms with Gasteiger partial charge in [-0.25, -0.2) is 4.57 Å². The number of amides is 4. The predicted octanol–water partition coefficient (Wildman–Crippen LogP) is 0.404. The second-order valence-electron chi connectivity index (χ2n) is 9.00. The van der Waals surface area contributed by atoms with Gasteiger partial charge in [-0.05, 0) is 32.1 Å². The maximum atomic E-state index is 12.5. The Labute approximate surface area is 242 Å². The molecule has 0 aliphatic rings. The summed E-state index contributed by atoms with van der Waals surface area (Å²) in [6.45, 7) is 5.76. The molecule has 0 bridgehead atoms. The summed E-state index contributed by atoms with van der Waals surface area (Å²) >= 11 is 0. The molecular weight excluding hydrogens is 563 g/mol. The summed E-state index contributed by atoms with van der Waals surface area (Å²) in [4.78, 5) is 55.8. The fourth-order valence-corrected chi connectivity index (χ4v) is 3.74. The maximum Gasteiger partial charge on any atom is 0.471 e. The molecule has 16 heteroatoms. The lowest BCUT2D eigenvalue weighted by atomic mass is 10.1. The third kappa shape index (κ3) is 26.5. The van der Waals surface area contributed by atoms with E-state index in [1.54, 1.807) is 0 Å². The number of carbonyl (C=O) groups is 4. The molecule has 5 N–H and O–H groups in total. The Morgan fingerprint density at radius 1 is 0.707 bits per heavy atom. The zero-order valence-electron chi connectivity index (χ0n) is 24.6. The molecule has 0 aliphatic carbocycles. The van der Waals surface area contributed by atoms with E-state index in [9.17, 15) is 23.7 Å². The van der Waals surface area contributed by atoms with E-state index < -0.39 is 13.9 Å². The summed E-state index contributed by atoms with van der Waals surface area (Å²) in [5.74, 6) is -0.677. The topological polar surface area (TPSA) is 200 Å². The highest BCUT2D eigenvalue weighted by molar-refractivity contribution is 7.47. The average molecular weight is 613 g/mol. The highest BCUT2D eigenvalue weighted by Gasteiger charge is 2.19. The van der Waals surface area contributed by atoms with E-state index in [2.05, 4.69) is 30.3 Å². The first-order valence-corrected chi connectivity index (χ1v) is 15.4. The van der Waals surface area contributed by atoms with Crippen LogP contribution < -0.4 is 21.3 Å². The Morgan fingerprint density at radius 2 is 1.29 bits per heavy atom. The van der Waals surface area contributed by atoms with Crippen LogP contribution in [0.2, 0.25) is 0 Å². The summed E-state index contributed by atoms with van der Waals surface area (Å²) in [7, 11) is -2.91. The van der Waals surface area contributed by atoms with Crippen molar-refractivity contribution >= 4 is 31.5 Å². The first-order valence-electron chi connectivity index (χ1n) is 13.9. The first-order chi connectivity index (χ1) is 19.6. The van der Waals surface area contributed by atoms with Crippen LogP contribution in [0.4, 0.5) is 0 Å². The van der Waals surface area contributed by atoms with Gasteiger partial charge in [0.2, 0.25) is 23.6 Å². The first kappa shape index (κ1) is 38.9. The normalized spacial score (nSPS) is 13.2. The van der Waals surface area contributed by atoms with E-state index in [1.165, 1.54) is 13.8 Å². The van der Waals surface area contributed by atoms with Crippen molar-refractivity contribution in [1.82, 2.24) is 21.3 Å². The van der Waals surface area contributed by atoms with Gasteiger partial charge >= 0.3 is 7.82 Å². The van der Waals surface area contributed by atoms with Crippen LogP contribution in [0.3, 0.4) is 0 Å². The van der Waals surface area contributed by atoms with Crippen LogP contribution in [0.1, 0.15) is 58.8 Å². The summed E-state index contributed by atoms with van der Waals surface area (Å²) in [5, 5.41) is 11.0. The molecule has 41 heavy (non-hydrogen) atoms. The Kier molecular flexibility index (Phi) is 24.2. The molecule has 4 amide bonds. The van der Waals surface area contributed by atoms with Crippen LogP contribution >= 0.6 is 7.82 Å². The Bertz CT molecular complexity index is 789. The third-order valence-corrected chi connectivity index (χ3v) is 6.36. The number of rotatable bonds is 27. The zero-order valence-corrected chi connectivity index (χ0v) is 25.5. The second kappa shape index (κ2) is 25.6. The monoisotopic (exact) mass is 612 g/mol. The van der Waals surface area contributed by atoms with Gasteiger partial charge in [-0.1, -0.05) is 6.42 Å². The quantitative estimate of drug-likeness (QED) is 0.0635. The van der Waals surface area contributed by atoms with E-state index in [4.69, 9.17) is 19.1 Å². The van der Waals surface area contributed by atoms with Gasteiger partial charge in [-0.3, -0.25) is 28.2 Å². The molecule has 0 saturated carbocycles. The van der Waals surface area contributed by atoms with Crippen molar-refractivity contribution in [3.05, 3.63) is 0 Å². The molecule has 0 aromatic heterocycles. The standard InChI is InChI=1S/C25H49N4O11P/c1-21(30)26-11-7-4-5-10-24(32)27-12-8-6-9-23(29-22(2)31)25(33)28-13-14-37-15-16-38-17-18-39-19-20-40-41(34,35)36-3/h23H,4-20H2,1-3H3,(H,26,30)(H,27,32)(H,28,33)(H,29,31)(H,34,35)/t23-/m0/s1. The smallest absolute Gasteiger partial charge is 0.377 e. The van der Waals surface area contributed by atoms with Gasteiger partial charge in [-0.15, -0.1) is 0 Å². The van der Waals surface area contributed by atoms with Crippen LogP contribution in [0.25, 0.3) is 0 Å². The minimum absolute atomic E-state index is 0.0231. The molecule has 0 rings (SSSR count). The summed E-state index contributed by atoms with van der Waals surface area (Å²) < 4.78 is 35.9. The molecule has 0 fully saturated rings. The van der Waals surface area contributed by atoms with Crippen molar-refractivity contribution in [2.24, 2.45) is 0 Å². The summed E-state index contributed by atoms with van der Waals surface area (Å²) in [6.07, 6.45) is 4.66. The van der Waals surface area contributed by atoms with Gasteiger partial charge in [-0.2, -0.15) is 0 Å². The van der Waals surface area contributed by atoms with Crippen LogP contribution in [-0.4, -0.2) is 108 Å². The molecule has 0 radical (unpaired) electrons. The van der Waals surface area contributed by atoms with Gasteiger partial charge in [0, 0.05) is 47.0 Å². The lowest BCUT2D eigenvalue weighted by Crippen LogP contribution is -2.46. The number of ether oxygens (including phenoxy) is 3. The summed E-state index contributed by atoms with van der Waals surface area (Å²) in [6, 6.07) is -0.667. The van der Waals surface area contributed by atoms with E-state index in [1.807, 2.05) is 0 Å². The Morgan fingerprint density at radius 3 is 1.90 bits per heavy atom. The van der Waals surface area contributed by atoms with Crippen LogP contribution in [0.15, 0.2) is 0 Å². The molecule has 0 saturated heterocycles. The van der Waals surface area contributed by atoms with E-state index in [-0.39, 0.29) is 56.6 Å². The lowest BCUT2D eigenvalue weighted by Gasteiger charge is -2.17. The van der Waals surface area contributed by atoms with Crippen molar-refractivity contribution in [3.63, 3.8) is 0 Å². The molecule has 2 atom stereocenters. The van der Waals surface area contributed by atoms with Crippen molar-refractivity contribution in [2.75, 3.05) is 73.0 Å². The number of phosphoric ester groups is 1. The molecule has 0 spiro atoms. The highest BCUT2D eigenvalue weighted by Crippen LogP contribution is 2.41. The summed E-state index contributed by atoms with van der Waals surface area (Å²) in [5.41, 5.74) is 0. The van der Waals surface area contributed by atoms with Crippen LogP contribution in [-0.2, 0) is 47.0 Å². The third-order valence-electron chi connectivity index (χ3n) is 5.39. The number of unbranched alkanes of at least 4 members (excludes halogenated alkanes) is 3. The highest BCUT2D eigenvalue weighted by atomic mass is 31.2. The fourth-order valence-electron chi connectivity index (χ4n) is 3.33. The fraction of sp³-hybridized carbons (Fsp3) is 0.840. The molecule has 0 aromatic carbocycles. The lowest BCUT2D eigenvalue weighted by molar-refractivity contribution is -0.128. The second-order valence-corrected chi connectivity index (χ2v) is 10.6. The number of hydrogen-bond acceptors (Lipinski definition) is 10. The number of nitrogens with one attached hydrogen (secondary N) is 4. The van der Waals surface area contributed by atoms with E-state index in [0.717, 1.165) is 26.4 Å². The van der Waals surface area contributed by atoms with Gasteiger partial charge < -0.3 is 40.4 Å². The number of carbonyl (C=O) groups excluding carboxylic acids is 4. The number of hydrogen-bond donors (Lipinski definition) is 5. The average Bonchev–Trinajstić information content (AvgIpc) is 2.91. The molecule has 1 unspecified atom stereocenters.